The van der Waals surface area contributed by atoms with Crippen LogP contribution in [0.15, 0.2) is 17.5 Å². The van der Waals surface area contributed by atoms with Crippen molar-refractivity contribution in [2.75, 3.05) is 33.7 Å². The van der Waals surface area contributed by atoms with Crippen LogP contribution in [-0.2, 0) is 21.4 Å². The Labute approximate surface area is 147 Å². The minimum Gasteiger partial charge on any atom is -0.388 e. The molecule has 0 bridgehead atoms. The lowest BCUT2D eigenvalue weighted by Crippen LogP contribution is -2.47. The van der Waals surface area contributed by atoms with Crippen LogP contribution < -0.4 is 4.72 Å². The van der Waals surface area contributed by atoms with E-state index in [-0.39, 0.29) is 12.5 Å². The van der Waals surface area contributed by atoms with Crippen LogP contribution in [0.25, 0.3) is 0 Å². The van der Waals surface area contributed by atoms with Gasteiger partial charge in [0.2, 0.25) is 5.91 Å². The van der Waals surface area contributed by atoms with Gasteiger partial charge in [-0.05, 0) is 30.7 Å². The zero-order chi connectivity index (χ0) is 17.8. The molecule has 1 aromatic heterocycles. The van der Waals surface area contributed by atoms with E-state index in [1.54, 1.807) is 16.2 Å². The monoisotopic (exact) mass is 375 g/mol. The molecule has 24 heavy (non-hydrogen) atoms. The SMILES string of the molecule is CN(C)S(=O)(=O)NC[C@]1(O)CCCN(C(=O)Cc2cccs2)CC1. The first kappa shape index (κ1) is 19.3. The Balaban J connectivity index is 1.90. The van der Waals surface area contributed by atoms with Gasteiger partial charge in [0, 0.05) is 38.6 Å². The number of thiophene rings is 1. The third-order valence-electron chi connectivity index (χ3n) is 4.24. The fraction of sp³-hybridized carbons (Fsp3) is 0.667. The molecule has 0 aliphatic carbocycles. The molecule has 1 aliphatic heterocycles. The summed E-state index contributed by atoms with van der Waals surface area (Å²) >= 11 is 1.56. The van der Waals surface area contributed by atoms with Crippen molar-refractivity contribution in [3.05, 3.63) is 22.4 Å². The molecule has 0 spiro atoms. The fourth-order valence-electron chi connectivity index (χ4n) is 2.63. The lowest BCUT2D eigenvalue weighted by atomic mass is 9.95. The fourth-order valence-corrected chi connectivity index (χ4v) is 4.04. The van der Waals surface area contributed by atoms with E-state index in [1.807, 2.05) is 17.5 Å². The Morgan fingerprint density at radius 1 is 1.42 bits per heavy atom. The molecule has 1 atom stereocenters. The average Bonchev–Trinajstić information content (AvgIpc) is 2.93. The van der Waals surface area contributed by atoms with Gasteiger partial charge in [0.15, 0.2) is 0 Å². The van der Waals surface area contributed by atoms with Crippen molar-refractivity contribution in [3.8, 4) is 0 Å². The second-order valence-corrected chi connectivity index (χ2v) is 9.32. The quantitative estimate of drug-likeness (QED) is 0.755. The zero-order valence-electron chi connectivity index (χ0n) is 14.1. The van der Waals surface area contributed by atoms with Gasteiger partial charge in [-0.2, -0.15) is 17.4 Å². The van der Waals surface area contributed by atoms with Crippen molar-refractivity contribution in [3.63, 3.8) is 0 Å². The van der Waals surface area contributed by atoms with Crippen molar-refractivity contribution in [2.45, 2.75) is 31.3 Å². The number of hydrogen-bond acceptors (Lipinski definition) is 5. The Bertz CT molecular complexity index is 646. The number of nitrogens with zero attached hydrogens (tertiary/aromatic N) is 2. The van der Waals surface area contributed by atoms with Crippen LogP contribution in [0, 0.1) is 0 Å². The zero-order valence-corrected chi connectivity index (χ0v) is 15.7. The summed E-state index contributed by atoms with van der Waals surface area (Å²) in [6.07, 6.45) is 1.85. The molecule has 2 heterocycles. The molecule has 1 aromatic rings. The van der Waals surface area contributed by atoms with Crippen molar-refractivity contribution in [1.29, 1.82) is 0 Å². The molecular formula is C15H25N3O4S2. The number of hydrogen-bond donors (Lipinski definition) is 2. The van der Waals surface area contributed by atoms with Gasteiger partial charge in [-0.1, -0.05) is 6.07 Å². The maximum absolute atomic E-state index is 12.4. The number of carbonyl (C=O) groups excluding carboxylic acids is 1. The number of carbonyl (C=O) groups is 1. The minimum atomic E-state index is -3.57. The summed E-state index contributed by atoms with van der Waals surface area (Å²) in [5.74, 6) is 0.0515. The largest absolute Gasteiger partial charge is 0.388 e. The second kappa shape index (κ2) is 7.92. The maximum Gasteiger partial charge on any atom is 0.279 e. The first-order valence-corrected chi connectivity index (χ1v) is 10.2. The first-order chi connectivity index (χ1) is 11.2. The number of likely N-dealkylation sites (tertiary alicyclic amines) is 1. The molecule has 0 saturated carbocycles. The van der Waals surface area contributed by atoms with Crippen LogP contribution >= 0.6 is 11.3 Å². The average molecular weight is 376 g/mol. The smallest absolute Gasteiger partial charge is 0.279 e. The predicted molar refractivity (Wildman–Crippen MR) is 94.0 cm³/mol. The Kier molecular flexibility index (Phi) is 6.38. The van der Waals surface area contributed by atoms with Gasteiger partial charge in [-0.3, -0.25) is 4.79 Å². The molecule has 1 fully saturated rings. The van der Waals surface area contributed by atoms with E-state index >= 15 is 0 Å². The van der Waals surface area contributed by atoms with Crippen LogP contribution in [-0.4, -0.2) is 68.0 Å². The molecule has 1 amide bonds. The van der Waals surface area contributed by atoms with Crippen LogP contribution in [0.5, 0.6) is 0 Å². The lowest BCUT2D eigenvalue weighted by molar-refractivity contribution is -0.130. The summed E-state index contributed by atoms with van der Waals surface area (Å²) in [5.41, 5.74) is -1.12. The Hall–Kier alpha value is -1.000. The van der Waals surface area contributed by atoms with Crippen molar-refractivity contribution in [2.24, 2.45) is 0 Å². The molecule has 2 rings (SSSR count). The molecule has 0 radical (unpaired) electrons. The van der Waals surface area contributed by atoms with E-state index < -0.39 is 15.8 Å². The first-order valence-electron chi connectivity index (χ1n) is 7.91. The third-order valence-corrected chi connectivity index (χ3v) is 6.59. The molecule has 0 unspecified atom stereocenters. The van der Waals surface area contributed by atoms with E-state index in [1.165, 1.54) is 14.1 Å². The lowest BCUT2D eigenvalue weighted by Gasteiger charge is -2.27. The molecule has 0 aromatic carbocycles. The van der Waals surface area contributed by atoms with E-state index in [9.17, 15) is 18.3 Å². The molecule has 7 nitrogen and oxygen atoms in total. The van der Waals surface area contributed by atoms with Crippen molar-refractivity contribution < 1.29 is 18.3 Å². The highest BCUT2D eigenvalue weighted by atomic mass is 32.2. The van der Waals surface area contributed by atoms with Crippen LogP contribution in [0.3, 0.4) is 0 Å². The summed E-state index contributed by atoms with van der Waals surface area (Å²) in [4.78, 5) is 15.2. The summed E-state index contributed by atoms with van der Waals surface area (Å²) in [5, 5.41) is 12.6. The van der Waals surface area contributed by atoms with E-state index in [2.05, 4.69) is 4.72 Å². The van der Waals surface area contributed by atoms with Crippen LogP contribution in [0.1, 0.15) is 24.1 Å². The van der Waals surface area contributed by atoms with Gasteiger partial charge in [0.05, 0.1) is 12.0 Å². The maximum atomic E-state index is 12.4. The van der Waals surface area contributed by atoms with Gasteiger partial charge >= 0.3 is 0 Å². The molecule has 2 N–H and O–H groups in total. The highest BCUT2D eigenvalue weighted by Crippen LogP contribution is 2.23. The van der Waals surface area contributed by atoms with Gasteiger partial charge in [0.25, 0.3) is 10.2 Å². The molecule has 1 aliphatic rings. The van der Waals surface area contributed by atoms with E-state index in [0.29, 0.717) is 38.8 Å². The number of aliphatic hydroxyl groups is 1. The highest BCUT2D eigenvalue weighted by Gasteiger charge is 2.33. The Morgan fingerprint density at radius 2 is 2.17 bits per heavy atom. The molecule has 1 saturated heterocycles. The van der Waals surface area contributed by atoms with Gasteiger partial charge in [0.1, 0.15) is 0 Å². The second-order valence-electron chi connectivity index (χ2n) is 6.32. The van der Waals surface area contributed by atoms with Gasteiger partial charge < -0.3 is 10.0 Å². The van der Waals surface area contributed by atoms with Gasteiger partial charge in [-0.15, -0.1) is 11.3 Å². The number of nitrogens with one attached hydrogen (secondary N) is 1. The highest BCUT2D eigenvalue weighted by molar-refractivity contribution is 7.87. The van der Waals surface area contributed by atoms with Gasteiger partial charge in [-0.25, -0.2) is 0 Å². The van der Waals surface area contributed by atoms with Crippen LogP contribution in [0.2, 0.25) is 0 Å². The predicted octanol–water partition coefficient (Wildman–Crippen LogP) is 0.430. The van der Waals surface area contributed by atoms with E-state index in [4.69, 9.17) is 0 Å². The number of rotatable bonds is 6. The van der Waals surface area contributed by atoms with Crippen molar-refractivity contribution in [1.82, 2.24) is 13.9 Å². The summed E-state index contributed by atoms with van der Waals surface area (Å²) in [6.45, 7) is 0.984. The molecule has 136 valence electrons. The molecule has 9 heteroatoms. The summed E-state index contributed by atoms with van der Waals surface area (Å²) in [6, 6.07) is 3.86. The summed E-state index contributed by atoms with van der Waals surface area (Å²) in [7, 11) is -0.698. The summed E-state index contributed by atoms with van der Waals surface area (Å²) < 4.78 is 27.1. The molecular weight excluding hydrogens is 350 g/mol. The van der Waals surface area contributed by atoms with E-state index in [0.717, 1.165) is 9.18 Å². The topological polar surface area (TPSA) is 89.9 Å². The van der Waals surface area contributed by atoms with Crippen LogP contribution in [0.4, 0.5) is 0 Å². The normalized spacial score (nSPS) is 22.6. The number of amides is 1. The standard InChI is InChI=1S/C15H25N3O4S2/c1-17(2)24(21,22)16-12-15(20)6-4-8-18(9-7-15)14(19)11-13-5-3-10-23-13/h3,5,10,16,20H,4,6-9,11-12H2,1-2H3/t15-/m0/s1. The third kappa shape index (κ3) is 5.25. The minimum absolute atomic E-state index is 0.0412. The van der Waals surface area contributed by atoms with Crippen molar-refractivity contribution >= 4 is 27.5 Å². The Morgan fingerprint density at radius 3 is 2.79 bits per heavy atom.